The Balaban J connectivity index is 2.09. The van der Waals surface area contributed by atoms with Crippen molar-refractivity contribution < 1.29 is 9.53 Å². The quantitative estimate of drug-likeness (QED) is 0.720. The van der Waals surface area contributed by atoms with Crippen LogP contribution in [0.1, 0.15) is 51.4 Å². The molecule has 1 saturated carbocycles. The largest absolute Gasteiger partial charge is 0.380 e. The molecular weight excluding hydrogens is 240 g/mol. The zero-order valence-corrected chi connectivity index (χ0v) is 11.9. The summed E-state index contributed by atoms with van der Waals surface area (Å²) in [4.78, 5) is 14.6. The second-order valence-corrected chi connectivity index (χ2v) is 5.86. The molecule has 0 aromatic rings. The number of rotatable bonds is 2. The number of methoxy groups -OCH3 is 1. The minimum Gasteiger partial charge on any atom is -0.380 e. The smallest absolute Gasteiger partial charge is 0.243 e. The van der Waals surface area contributed by atoms with Crippen LogP contribution in [0.4, 0.5) is 0 Å². The van der Waals surface area contributed by atoms with Gasteiger partial charge in [-0.2, -0.15) is 5.26 Å². The van der Waals surface area contributed by atoms with E-state index in [1.807, 2.05) is 4.90 Å². The fourth-order valence-corrected chi connectivity index (χ4v) is 3.32. The number of amides is 1. The first kappa shape index (κ1) is 14.3. The molecule has 1 heterocycles. The number of ether oxygens (including phenoxy) is 1. The minimum absolute atomic E-state index is 0.0543. The highest BCUT2D eigenvalue weighted by Crippen LogP contribution is 2.37. The molecule has 2 rings (SSSR count). The van der Waals surface area contributed by atoms with Gasteiger partial charge in [0.1, 0.15) is 5.41 Å². The van der Waals surface area contributed by atoms with Gasteiger partial charge < -0.3 is 9.64 Å². The fourth-order valence-electron chi connectivity index (χ4n) is 3.32. The van der Waals surface area contributed by atoms with Crippen molar-refractivity contribution in [2.45, 2.75) is 57.5 Å². The second-order valence-electron chi connectivity index (χ2n) is 5.86. The van der Waals surface area contributed by atoms with E-state index in [0.717, 1.165) is 57.9 Å². The van der Waals surface area contributed by atoms with Crippen molar-refractivity contribution in [3.8, 4) is 6.07 Å². The molecule has 0 N–H and O–H groups in total. The van der Waals surface area contributed by atoms with Crippen molar-refractivity contribution >= 4 is 5.91 Å². The van der Waals surface area contributed by atoms with E-state index >= 15 is 0 Å². The Bertz CT molecular complexity index is 354. The lowest BCUT2D eigenvalue weighted by atomic mass is 9.80. The summed E-state index contributed by atoms with van der Waals surface area (Å²) in [7, 11) is 1.70. The summed E-state index contributed by atoms with van der Waals surface area (Å²) in [5.41, 5.74) is -0.758. The predicted molar refractivity (Wildman–Crippen MR) is 72.4 cm³/mol. The third kappa shape index (κ3) is 3.09. The van der Waals surface area contributed by atoms with Crippen LogP contribution in [0.15, 0.2) is 0 Å². The molecule has 1 saturated heterocycles. The number of carbonyl (C=O) groups is 1. The Morgan fingerprint density at radius 1 is 1.26 bits per heavy atom. The van der Waals surface area contributed by atoms with E-state index in [1.165, 1.54) is 0 Å². The van der Waals surface area contributed by atoms with Gasteiger partial charge >= 0.3 is 0 Å². The molecule has 4 nitrogen and oxygen atoms in total. The van der Waals surface area contributed by atoms with Gasteiger partial charge in [-0.15, -0.1) is 0 Å². The number of hydrogen-bond acceptors (Lipinski definition) is 3. The number of likely N-dealkylation sites (tertiary alicyclic amines) is 1. The normalized spacial score (nSPS) is 27.4. The molecule has 0 spiro atoms. The molecule has 0 aromatic carbocycles. The number of piperidine rings is 1. The van der Waals surface area contributed by atoms with Gasteiger partial charge in [0.25, 0.3) is 0 Å². The molecule has 19 heavy (non-hydrogen) atoms. The van der Waals surface area contributed by atoms with E-state index in [-0.39, 0.29) is 12.0 Å². The van der Waals surface area contributed by atoms with Crippen LogP contribution < -0.4 is 0 Å². The van der Waals surface area contributed by atoms with Crippen molar-refractivity contribution in [2.24, 2.45) is 5.41 Å². The van der Waals surface area contributed by atoms with Crippen molar-refractivity contribution in [3.63, 3.8) is 0 Å². The SMILES string of the molecule is COC1CCCN(C(=O)C2(C#N)CCCCCC2)C1. The third-order valence-electron chi connectivity index (χ3n) is 4.58. The van der Waals surface area contributed by atoms with E-state index in [9.17, 15) is 10.1 Å². The Morgan fingerprint density at radius 3 is 2.53 bits per heavy atom. The van der Waals surface area contributed by atoms with Gasteiger partial charge in [0.2, 0.25) is 5.91 Å². The van der Waals surface area contributed by atoms with Gasteiger partial charge in [0.05, 0.1) is 12.2 Å². The first-order chi connectivity index (χ1) is 9.22. The van der Waals surface area contributed by atoms with Gasteiger partial charge in [-0.25, -0.2) is 0 Å². The summed E-state index contributed by atoms with van der Waals surface area (Å²) >= 11 is 0. The summed E-state index contributed by atoms with van der Waals surface area (Å²) in [6.45, 7) is 1.43. The maximum Gasteiger partial charge on any atom is 0.243 e. The molecule has 0 aromatic heterocycles. The monoisotopic (exact) mass is 264 g/mol. The van der Waals surface area contributed by atoms with Gasteiger partial charge in [-0.05, 0) is 25.7 Å². The summed E-state index contributed by atoms with van der Waals surface area (Å²) < 4.78 is 5.37. The van der Waals surface area contributed by atoms with Crippen molar-refractivity contribution in [1.82, 2.24) is 4.90 Å². The molecule has 0 radical (unpaired) electrons. The predicted octanol–water partition coefficient (Wildman–Crippen LogP) is 2.49. The second kappa shape index (κ2) is 6.38. The first-order valence-electron chi connectivity index (χ1n) is 7.45. The molecular formula is C15H24N2O2. The molecule has 1 aliphatic carbocycles. The maximum atomic E-state index is 12.8. The summed E-state index contributed by atoms with van der Waals surface area (Å²) in [5, 5.41) is 9.56. The molecule has 1 unspecified atom stereocenters. The van der Waals surface area contributed by atoms with Crippen LogP contribution in [0.5, 0.6) is 0 Å². The van der Waals surface area contributed by atoms with E-state index in [2.05, 4.69) is 6.07 Å². The first-order valence-corrected chi connectivity index (χ1v) is 7.45. The van der Waals surface area contributed by atoms with E-state index in [4.69, 9.17) is 4.74 Å². The highest BCUT2D eigenvalue weighted by atomic mass is 16.5. The Morgan fingerprint density at radius 2 is 1.95 bits per heavy atom. The highest BCUT2D eigenvalue weighted by molar-refractivity contribution is 5.85. The lowest BCUT2D eigenvalue weighted by Crippen LogP contribution is -2.49. The molecule has 2 aliphatic rings. The van der Waals surface area contributed by atoms with Crippen LogP contribution in [0, 0.1) is 16.7 Å². The molecule has 106 valence electrons. The average molecular weight is 264 g/mol. The van der Waals surface area contributed by atoms with Crippen LogP contribution in [0.3, 0.4) is 0 Å². The molecule has 1 amide bonds. The molecule has 1 aliphatic heterocycles. The van der Waals surface area contributed by atoms with Gasteiger partial charge in [0.15, 0.2) is 0 Å². The van der Waals surface area contributed by atoms with Crippen LogP contribution in [-0.4, -0.2) is 37.1 Å². The number of carbonyl (C=O) groups excluding carboxylic acids is 1. The lowest BCUT2D eigenvalue weighted by molar-refractivity contribution is -0.143. The third-order valence-corrected chi connectivity index (χ3v) is 4.58. The Labute approximate surface area is 115 Å². The zero-order chi connectivity index (χ0) is 13.7. The van der Waals surface area contributed by atoms with E-state index < -0.39 is 5.41 Å². The maximum absolute atomic E-state index is 12.8. The highest BCUT2D eigenvalue weighted by Gasteiger charge is 2.42. The Hall–Kier alpha value is -1.08. The van der Waals surface area contributed by atoms with Gasteiger partial charge in [-0.1, -0.05) is 25.7 Å². The average Bonchev–Trinajstić information content (AvgIpc) is 2.73. The van der Waals surface area contributed by atoms with Crippen LogP contribution >= 0.6 is 0 Å². The number of nitrogens with zero attached hydrogens (tertiary/aromatic N) is 2. The fraction of sp³-hybridized carbons (Fsp3) is 0.867. The minimum atomic E-state index is -0.758. The van der Waals surface area contributed by atoms with E-state index in [1.54, 1.807) is 7.11 Å². The van der Waals surface area contributed by atoms with Crippen molar-refractivity contribution in [3.05, 3.63) is 0 Å². The zero-order valence-electron chi connectivity index (χ0n) is 11.9. The number of nitriles is 1. The van der Waals surface area contributed by atoms with Crippen LogP contribution in [0.2, 0.25) is 0 Å². The van der Waals surface area contributed by atoms with Crippen LogP contribution in [0.25, 0.3) is 0 Å². The molecule has 0 bridgehead atoms. The molecule has 2 fully saturated rings. The summed E-state index contributed by atoms with van der Waals surface area (Å²) in [6.07, 6.45) is 7.90. The topological polar surface area (TPSA) is 53.3 Å². The number of hydrogen-bond donors (Lipinski definition) is 0. The molecule has 4 heteroatoms. The lowest BCUT2D eigenvalue weighted by Gasteiger charge is -2.37. The van der Waals surface area contributed by atoms with Crippen LogP contribution in [-0.2, 0) is 9.53 Å². The Kier molecular flexibility index (Phi) is 4.81. The summed E-state index contributed by atoms with van der Waals surface area (Å²) in [6, 6.07) is 2.36. The van der Waals surface area contributed by atoms with E-state index in [0.29, 0.717) is 6.54 Å². The standard InChI is InChI=1S/C15H24N2O2/c1-19-13-7-6-10-17(11-13)14(18)15(12-16)8-4-2-3-5-9-15/h13H,2-11H2,1H3. The summed E-state index contributed by atoms with van der Waals surface area (Å²) in [5.74, 6) is 0.0543. The van der Waals surface area contributed by atoms with Crippen molar-refractivity contribution in [2.75, 3.05) is 20.2 Å². The van der Waals surface area contributed by atoms with Crippen molar-refractivity contribution in [1.29, 1.82) is 5.26 Å². The molecule has 1 atom stereocenters. The van der Waals surface area contributed by atoms with Gasteiger partial charge in [0, 0.05) is 20.2 Å². The van der Waals surface area contributed by atoms with Gasteiger partial charge in [-0.3, -0.25) is 4.79 Å².